The summed E-state index contributed by atoms with van der Waals surface area (Å²) in [7, 11) is 0. The zero-order valence-electron chi connectivity index (χ0n) is 10.7. The Balaban J connectivity index is 0.00000180. The Morgan fingerprint density at radius 1 is 1.58 bits per heavy atom. The number of ether oxygens (including phenoxy) is 1. The molecule has 1 fully saturated rings. The number of benzene rings is 1. The normalized spacial score (nSPS) is 18.5. The quantitative estimate of drug-likeness (QED) is 0.878. The lowest BCUT2D eigenvalue weighted by Gasteiger charge is -2.22. The Kier molecular flexibility index (Phi) is 6.21. The lowest BCUT2D eigenvalue weighted by Crippen LogP contribution is -2.51. The van der Waals surface area contributed by atoms with Crippen molar-refractivity contribution in [1.82, 2.24) is 10.6 Å². The molecule has 106 valence electrons. The van der Waals surface area contributed by atoms with Crippen molar-refractivity contribution in [2.45, 2.75) is 19.5 Å². The highest BCUT2D eigenvalue weighted by Crippen LogP contribution is 2.09. The fourth-order valence-corrected chi connectivity index (χ4v) is 1.86. The maximum atomic E-state index is 13.1. The summed E-state index contributed by atoms with van der Waals surface area (Å²) in [5, 5.41) is 5.89. The van der Waals surface area contributed by atoms with E-state index in [4.69, 9.17) is 4.74 Å². The molecule has 4 nitrogen and oxygen atoms in total. The van der Waals surface area contributed by atoms with E-state index in [1.807, 2.05) is 0 Å². The third-order valence-electron chi connectivity index (χ3n) is 2.93. The van der Waals surface area contributed by atoms with Gasteiger partial charge < -0.3 is 15.4 Å². The molecule has 0 radical (unpaired) electrons. The van der Waals surface area contributed by atoms with E-state index in [0.29, 0.717) is 31.9 Å². The summed E-state index contributed by atoms with van der Waals surface area (Å²) in [6.07, 6.45) is 0. The van der Waals surface area contributed by atoms with Gasteiger partial charge in [-0.1, -0.05) is 12.1 Å². The predicted octanol–water partition coefficient (Wildman–Crippen LogP) is 1.16. The van der Waals surface area contributed by atoms with E-state index in [1.54, 1.807) is 19.1 Å². The molecule has 0 aromatic heterocycles. The van der Waals surface area contributed by atoms with Crippen molar-refractivity contribution in [3.05, 3.63) is 35.1 Å². The van der Waals surface area contributed by atoms with Gasteiger partial charge in [-0.3, -0.25) is 4.79 Å². The van der Waals surface area contributed by atoms with Gasteiger partial charge in [0, 0.05) is 13.1 Å². The zero-order valence-corrected chi connectivity index (χ0v) is 11.6. The van der Waals surface area contributed by atoms with Crippen LogP contribution in [0, 0.1) is 12.7 Å². The molecule has 1 heterocycles. The number of morpholine rings is 1. The minimum atomic E-state index is -0.291. The largest absolute Gasteiger partial charge is 0.378 e. The van der Waals surface area contributed by atoms with Crippen molar-refractivity contribution in [3.63, 3.8) is 0 Å². The first kappa shape index (κ1) is 15.9. The molecule has 2 rings (SSSR count). The number of aryl methyl sites for hydroxylation is 1. The van der Waals surface area contributed by atoms with Crippen molar-refractivity contribution in [2.75, 3.05) is 19.8 Å². The average molecular weight is 289 g/mol. The van der Waals surface area contributed by atoms with E-state index in [0.717, 1.165) is 5.56 Å². The number of hydrogen-bond donors (Lipinski definition) is 2. The first-order valence-corrected chi connectivity index (χ1v) is 6.00. The van der Waals surface area contributed by atoms with Gasteiger partial charge in [-0.25, -0.2) is 4.39 Å². The molecule has 1 amide bonds. The summed E-state index contributed by atoms with van der Waals surface area (Å²) in [4.78, 5) is 11.8. The highest BCUT2D eigenvalue weighted by molar-refractivity contribution is 5.85. The summed E-state index contributed by atoms with van der Waals surface area (Å²) in [5.74, 6) is -0.316. The number of hydrogen-bond acceptors (Lipinski definition) is 3. The smallest absolute Gasteiger partial charge is 0.239 e. The molecular weight excluding hydrogens is 271 g/mol. The Morgan fingerprint density at radius 3 is 3.00 bits per heavy atom. The van der Waals surface area contributed by atoms with Gasteiger partial charge in [0.15, 0.2) is 0 Å². The van der Waals surface area contributed by atoms with E-state index in [9.17, 15) is 9.18 Å². The van der Waals surface area contributed by atoms with Crippen molar-refractivity contribution < 1.29 is 13.9 Å². The zero-order chi connectivity index (χ0) is 13.0. The molecule has 1 saturated heterocycles. The number of nitrogens with one attached hydrogen (secondary N) is 2. The standard InChI is InChI=1S/C13H17FN2O2.ClH/c1-9-6-10(2-3-11(9)14)7-16-13(17)12-8-18-5-4-15-12;/h2-3,6,12,15H,4-5,7-8H2,1H3,(H,16,17);1H. The monoisotopic (exact) mass is 288 g/mol. The highest BCUT2D eigenvalue weighted by Gasteiger charge is 2.20. The van der Waals surface area contributed by atoms with Crippen LogP contribution < -0.4 is 10.6 Å². The van der Waals surface area contributed by atoms with Gasteiger partial charge in [0.05, 0.1) is 13.2 Å². The number of rotatable bonds is 3. The Morgan fingerprint density at radius 2 is 2.37 bits per heavy atom. The van der Waals surface area contributed by atoms with Crippen molar-refractivity contribution in [2.24, 2.45) is 0 Å². The predicted molar refractivity (Wildman–Crippen MR) is 72.8 cm³/mol. The van der Waals surface area contributed by atoms with Crippen LogP contribution in [0.3, 0.4) is 0 Å². The van der Waals surface area contributed by atoms with Crippen LogP contribution in [0.5, 0.6) is 0 Å². The molecule has 2 N–H and O–H groups in total. The Labute approximate surface area is 118 Å². The topological polar surface area (TPSA) is 50.4 Å². The number of carbonyl (C=O) groups is 1. The summed E-state index contributed by atoms with van der Waals surface area (Å²) in [6.45, 7) is 3.83. The lowest BCUT2D eigenvalue weighted by molar-refractivity contribution is -0.126. The van der Waals surface area contributed by atoms with Gasteiger partial charge in [-0.2, -0.15) is 0 Å². The SMILES string of the molecule is Cc1cc(CNC(=O)C2COCCN2)ccc1F.Cl. The summed E-state index contributed by atoms with van der Waals surface area (Å²) < 4.78 is 18.3. The summed E-state index contributed by atoms with van der Waals surface area (Å²) in [5.41, 5.74) is 1.47. The number of amides is 1. The molecule has 1 atom stereocenters. The molecule has 6 heteroatoms. The second kappa shape index (κ2) is 7.43. The molecule has 19 heavy (non-hydrogen) atoms. The lowest BCUT2D eigenvalue weighted by atomic mass is 10.1. The van der Waals surface area contributed by atoms with E-state index < -0.39 is 0 Å². The van der Waals surface area contributed by atoms with Crippen LogP contribution in [-0.2, 0) is 16.1 Å². The highest BCUT2D eigenvalue weighted by atomic mass is 35.5. The van der Waals surface area contributed by atoms with Crippen LogP contribution in [0.1, 0.15) is 11.1 Å². The second-order valence-electron chi connectivity index (χ2n) is 4.38. The molecule has 0 spiro atoms. The number of carbonyl (C=O) groups excluding carboxylic acids is 1. The van der Waals surface area contributed by atoms with Gasteiger partial charge >= 0.3 is 0 Å². The minimum absolute atomic E-state index is 0. The minimum Gasteiger partial charge on any atom is -0.378 e. The van der Waals surface area contributed by atoms with Gasteiger partial charge in [0.25, 0.3) is 0 Å². The van der Waals surface area contributed by atoms with Gasteiger partial charge in [-0.05, 0) is 24.1 Å². The maximum absolute atomic E-state index is 13.1. The van der Waals surface area contributed by atoms with Crippen LogP contribution >= 0.6 is 12.4 Å². The van der Waals surface area contributed by atoms with Crippen LogP contribution in [0.2, 0.25) is 0 Å². The van der Waals surface area contributed by atoms with Crippen molar-refractivity contribution in [1.29, 1.82) is 0 Å². The molecule has 0 aliphatic carbocycles. The summed E-state index contributed by atoms with van der Waals surface area (Å²) >= 11 is 0. The van der Waals surface area contributed by atoms with E-state index in [-0.39, 0.29) is 30.2 Å². The second-order valence-corrected chi connectivity index (χ2v) is 4.38. The fraction of sp³-hybridized carbons (Fsp3) is 0.462. The molecular formula is C13H18ClFN2O2. The van der Waals surface area contributed by atoms with Gasteiger partial charge in [0.1, 0.15) is 11.9 Å². The third kappa shape index (κ3) is 4.45. The molecule has 0 bridgehead atoms. The van der Waals surface area contributed by atoms with Gasteiger partial charge in [0.2, 0.25) is 5.91 Å². The van der Waals surface area contributed by atoms with E-state index in [2.05, 4.69) is 10.6 Å². The third-order valence-corrected chi connectivity index (χ3v) is 2.93. The Hall–Kier alpha value is -1.17. The van der Waals surface area contributed by atoms with Crippen LogP contribution in [-0.4, -0.2) is 31.7 Å². The molecule has 1 aliphatic rings. The Bertz CT molecular complexity index is 437. The average Bonchev–Trinajstić information content (AvgIpc) is 2.41. The number of halogens is 2. The van der Waals surface area contributed by atoms with Crippen LogP contribution in [0.25, 0.3) is 0 Å². The summed E-state index contributed by atoms with van der Waals surface area (Å²) in [6, 6.07) is 4.53. The van der Waals surface area contributed by atoms with E-state index in [1.165, 1.54) is 6.07 Å². The first-order valence-electron chi connectivity index (χ1n) is 6.00. The molecule has 1 aromatic rings. The molecule has 0 saturated carbocycles. The van der Waals surface area contributed by atoms with Crippen molar-refractivity contribution in [3.8, 4) is 0 Å². The van der Waals surface area contributed by atoms with Crippen LogP contribution in [0.4, 0.5) is 4.39 Å². The van der Waals surface area contributed by atoms with Crippen molar-refractivity contribution >= 4 is 18.3 Å². The van der Waals surface area contributed by atoms with Gasteiger partial charge in [-0.15, -0.1) is 12.4 Å². The van der Waals surface area contributed by atoms with E-state index >= 15 is 0 Å². The first-order chi connectivity index (χ1) is 8.66. The van der Waals surface area contributed by atoms with Crippen LogP contribution in [0.15, 0.2) is 18.2 Å². The molecule has 1 unspecified atom stereocenters. The fourth-order valence-electron chi connectivity index (χ4n) is 1.86. The molecule has 1 aromatic carbocycles. The molecule has 1 aliphatic heterocycles. The maximum Gasteiger partial charge on any atom is 0.239 e.